The lowest BCUT2D eigenvalue weighted by Crippen LogP contribution is -2.01. The number of hydrogen-bond acceptors (Lipinski definition) is 4. The molecule has 0 aliphatic carbocycles. The van der Waals surface area contributed by atoms with E-state index >= 15 is 0 Å². The van der Waals surface area contributed by atoms with E-state index in [-0.39, 0.29) is 11.3 Å². The molecular weight excluding hydrogens is 296 g/mol. The Kier molecular flexibility index (Phi) is 5.25. The molecule has 2 aromatic rings. The van der Waals surface area contributed by atoms with Crippen LogP contribution < -0.4 is 9.47 Å². The van der Waals surface area contributed by atoms with E-state index in [1.54, 1.807) is 30.3 Å². The largest absolute Gasteiger partial charge is 0.502 e. The van der Waals surface area contributed by atoms with Gasteiger partial charge in [-0.25, -0.2) is 4.79 Å². The van der Waals surface area contributed by atoms with Crippen molar-refractivity contribution in [2.45, 2.75) is 6.42 Å². The highest BCUT2D eigenvalue weighted by atomic mass is 16.5. The van der Waals surface area contributed by atoms with Crippen molar-refractivity contribution in [1.82, 2.24) is 0 Å². The van der Waals surface area contributed by atoms with Gasteiger partial charge in [-0.3, -0.25) is 0 Å². The predicted octanol–water partition coefficient (Wildman–Crippen LogP) is 3.36. The topological polar surface area (TPSA) is 76.0 Å². The van der Waals surface area contributed by atoms with Crippen molar-refractivity contribution in [1.29, 1.82) is 0 Å². The van der Waals surface area contributed by atoms with Gasteiger partial charge in [-0.05, 0) is 35.7 Å². The van der Waals surface area contributed by atoms with Crippen LogP contribution in [0.25, 0.3) is 6.08 Å². The van der Waals surface area contributed by atoms with Crippen LogP contribution in [0.3, 0.4) is 0 Å². The number of hydrogen-bond donors (Lipinski definition) is 2. The Hall–Kier alpha value is -2.95. The van der Waals surface area contributed by atoms with E-state index in [0.29, 0.717) is 17.9 Å². The normalized spacial score (nSPS) is 10.7. The molecule has 2 rings (SSSR count). The first-order chi connectivity index (χ1) is 11.1. The van der Waals surface area contributed by atoms with Crippen LogP contribution in [0.5, 0.6) is 17.2 Å². The Morgan fingerprint density at radius 1 is 1.13 bits per heavy atom. The standard InChI is InChI=1S/C18H18O5/c1-22-15-10-12(11-16(23-2)17(15)19)6-5-8-13-7-3-4-9-14(13)18(20)21/h3-7,9-11,19H,8H2,1-2H3,(H,20,21). The van der Waals surface area contributed by atoms with E-state index in [0.717, 1.165) is 11.1 Å². The SMILES string of the molecule is COc1cc(C=CCc2ccccc2C(=O)O)cc(OC)c1O. The Morgan fingerprint density at radius 3 is 2.30 bits per heavy atom. The fourth-order valence-electron chi connectivity index (χ4n) is 2.24. The fourth-order valence-corrected chi connectivity index (χ4v) is 2.24. The molecule has 120 valence electrons. The van der Waals surface area contributed by atoms with E-state index in [9.17, 15) is 9.90 Å². The first-order valence-electron chi connectivity index (χ1n) is 6.99. The zero-order chi connectivity index (χ0) is 16.8. The third-order valence-electron chi connectivity index (χ3n) is 3.40. The first-order valence-corrected chi connectivity index (χ1v) is 6.99. The molecule has 23 heavy (non-hydrogen) atoms. The van der Waals surface area contributed by atoms with E-state index in [2.05, 4.69) is 0 Å². The molecule has 0 spiro atoms. The summed E-state index contributed by atoms with van der Waals surface area (Å²) in [5, 5.41) is 19.0. The van der Waals surface area contributed by atoms with Crippen LogP contribution in [0.4, 0.5) is 0 Å². The van der Waals surface area contributed by atoms with E-state index in [4.69, 9.17) is 14.6 Å². The van der Waals surface area contributed by atoms with Gasteiger partial charge in [0, 0.05) is 0 Å². The summed E-state index contributed by atoms with van der Waals surface area (Å²) < 4.78 is 10.2. The van der Waals surface area contributed by atoms with Crippen LogP contribution in [0.1, 0.15) is 21.5 Å². The van der Waals surface area contributed by atoms with Crippen molar-refractivity contribution in [2.24, 2.45) is 0 Å². The quantitative estimate of drug-likeness (QED) is 0.855. The second-order valence-corrected chi connectivity index (χ2v) is 4.84. The minimum absolute atomic E-state index is 0.0524. The second-order valence-electron chi connectivity index (χ2n) is 4.84. The minimum atomic E-state index is -0.943. The molecule has 0 saturated heterocycles. The molecule has 0 heterocycles. The number of carboxylic acids is 1. The van der Waals surface area contributed by atoms with Gasteiger partial charge >= 0.3 is 5.97 Å². The van der Waals surface area contributed by atoms with Gasteiger partial charge in [0.25, 0.3) is 0 Å². The maximum absolute atomic E-state index is 11.2. The number of carbonyl (C=O) groups is 1. The number of methoxy groups -OCH3 is 2. The number of aromatic hydroxyl groups is 1. The minimum Gasteiger partial charge on any atom is -0.502 e. The number of carboxylic acid groups (broad SMARTS) is 1. The number of phenolic OH excluding ortho intramolecular Hbond substituents is 1. The molecule has 0 unspecified atom stereocenters. The van der Waals surface area contributed by atoms with Gasteiger partial charge < -0.3 is 19.7 Å². The zero-order valence-corrected chi connectivity index (χ0v) is 12.9. The summed E-state index contributed by atoms with van der Waals surface area (Å²) in [6.07, 6.45) is 4.16. The number of rotatable bonds is 6. The fraction of sp³-hybridized carbons (Fsp3) is 0.167. The van der Waals surface area contributed by atoms with E-state index < -0.39 is 5.97 Å². The zero-order valence-electron chi connectivity index (χ0n) is 12.9. The third-order valence-corrected chi connectivity index (χ3v) is 3.40. The Labute approximate surface area is 134 Å². The predicted molar refractivity (Wildman–Crippen MR) is 87.4 cm³/mol. The lowest BCUT2D eigenvalue weighted by atomic mass is 10.0. The lowest BCUT2D eigenvalue weighted by molar-refractivity contribution is 0.0696. The molecule has 0 fully saturated rings. The van der Waals surface area contributed by atoms with Crippen molar-refractivity contribution < 1.29 is 24.5 Å². The van der Waals surface area contributed by atoms with Crippen LogP contribution in [0.15, 0.2) is 42.5 Å². The van der Waals surface area contributed by atoms with Crippen molar-refractivity contribution in [3.05, 3.63) is 59.2 Å². The highest BCUT2D eigenvalue weighted by molar-refractivity contribution is 5.89. The van der Waals surface area contributed by atoms with Crippen LogP contribution in [-0.2, 0) is 6.42 Å². The molecule has 0 aliphatic heterocycles. The van der Waals surface area contributed by atoms with Crippen LogP contribution in [0.2, 0.25) is 0 Å². The smallest absolute Gasteiger partial charge is 0.335 e. The van der Waals surface area contributed by atoms with Gasteiger partial charge in [-0.15, -0.1) is 0 Å². The first kappa shape index (κ1) is 16.4. The van der Waals surface area contributed by atoms with Crippen molar-refractivity contribution in [3.8, 4) is 17.2 Å². The molecule has 0 amide bonds. The van der Waals surface area contributed by atoms with Gasteiger partial charge in [0.1, 0.15) is 0 Å². The number of aromatic carboxylic acids is 1. The van der Waals surface area contributed by atoms with Crippen LogP contribution in [-0.4, -0.2) is 30.4 Å². The summed E-state index contributed by atoms with van der Waals surface area (Å²) in [5.41, 5.74) is 1.80. The molecule has 0 aliphatic rings. The molecule has 2 N–H and O–H groups in total. The maximum Gasteiger partial charge on any atom is 0.335 e. The lowest BCUT2D eigenvalue weighted by Gasteiger charge is -2.09. The van der Waals surface area contributed by atoms with Crippen molar-refractivity contribution >= 4 is 12.0 Å². The van der Waals surface area contributed by atoms with Gasteiger partial charge in [0.05, 0.1) is 19.8 Å². The highest BCUT2D eigenvalue weighted by Gasteiger charge is 2.10. The average Bonchev–Trinajstić information content (AvgIpc) is 2.56. The van der Waals surface area contributed by atoms with E-state index in [1.807, 2.05) is 18.2 Å². The van der Waals surface area contributed by atoms with Crippen LogP contribution >= 0.6 is 0 Å². The number of phenols is 1. The molecule has 0 saturated carbocycles. The van der Waals surface area contributed by atoms with Gasteiger partial charge in [0.15, 0.2) is 11.5 Å². The third kappa shape index (κ3) is 3.83. The van der Waals surface area contributed by atoms with E-state index in [1.165, 1.54) is 14.2 Å². The van der Waals surface area contributed by atoms with Gasteiger partial charge in [-0.2, -0.15) is 0 Å². The molecule has 0 bridgehead atoms. The molecule has 0 radical (unpaired) electrons. The summed E-state index contributed by atoms with van der Waals surface area (Å²) >= 11 is 0. The highest BCUT2D eigenvalue weighted by Crippen LogP contribution is 2.37. The Balaban J connectivity index is 2.23. The average molecular weight is 314 g/mol. The molecule has 2 aromatic carbocycles. The Morgan fingerprint density at radius 2 is 1.74 bits per heavy atom. The van der Waals surface area contributed by atoms with Crippen molar-refractivity contribution in [3.63, 3.8) is 0 Å². The number of allylic oxidation sites excluding steroid dienone is 1. The number of ether oxygens (including phenoxy) is 2. The number of benzene rings is 2. The molecule has 5 heteroatoms. The van der Waals surface area contributed by atoms with Gasteiger partial charge in [-0.1, -0.05) is 30.4 Å². The summed E-state index contributed by atoms with van der Waals surface area (Å²) in [6, 6.07) is 10.2. The second kappa shape index (κ2) is 7.35. The molecule has 0 aromatic heterocycles. The molecule has 0 atom stereocenters. The monoisotopic (exact) mass is 314 g/mol. The summed E-state index contributed by atoms with van der Waals surface area (Å²) in [7, 11) is 2.93. The Bertz CT molecular complexity index is 709. The molecule has 5 nitrogen and oxygen atoms in total. The molecular formula is C18H18O5. The van der Waals surface area contributed by atoms with Gasteiger partial charge in [0.2, 0.25) is 5.75 Å². The summed E-state index contributed by atoms with van der Waals surface area (Å²) in [5.74, 6) is -0.366. The summed E-state index contributed by atoms with van der Waals surface area (Å²) in [4.78, 5) is 11.2. The van der Waals surface area contributed by atoms with Crippen molar-refractivity contribution in [2.75, 3.05) is 14.2 Å². The summed E-state index contributed by atoms with van der Waals surface area (Å²) in [6.45, 7) is 0. The maximum atomic E-state index is 11.2. The van der Waals surface area contributed by atoms with Crippen LogP contribution in [0, 0.1) is 0 Å².